The van der Waals surface area contributed by atoms with Gasteiger partial charge in [-0.3, -0.25) is 9.59 Å². The molecule has 0 aliphatic carbocycles. The van der Waals surface area contributed by atoms with E-state index in [9.17, 15) is 9.59 Å². The summed E-state index contributed by atoms with van der Waals surface area (Å²) < 4.78 is 4.59. The first-order valence-corrected chi connectivity index (χ1v) is 4.56. The van der Waals surface area contributed by atoms with E-state index in [4.69, 9.17) is 10.2 Å². The topological polar surface area (TPSA) is 83.8 Å². The minimum absolute atomic E-state index is 0.00431. The van der Waals surface area contributed by atoms with Gasteiger partial charge in [-0.25, -0.2) is 0 Å². The number of esters is 1. The molecule has 0 spiro atoms. The molecule has 14 heavy (non-hydrogen) atoms. The Bertz CT molecular complexity index is 190. The van der Waals surface area contributed by atoms with Gasteiger partial charge in [-0.15, -0.1) is 0 Å². The highest BCUT2D eigenvalue weighted by molar-refractivity contribution is 5.82. The third-order valence-electron chi connectivity index (χ3n) is 1.65. The molecule has 0 saturated heterocycles. The molecule has 0 rings (SSSR count). The van der Waals surface area contributed by atoms with E-state index < -0.39 is 18.7 Å². The van der Waals surface area contributed by atoms with E-state index in [2.05, 4.69) is 4.74 Å². The predicted molar refractivity (Wildman–Crippen MR) is 48.6 cm³/mol. The second kappa shape index (κ2) is 7.46. The fourth-order valence-corrected chi connectivity index (χ4v) is 0.732. The van der Waals surface area contributed by atoms with Crippen LogP contribution in [0.5, 0.6) is 0 Å². The molecular weight excluding hydrogens is 188 g/mol. The normalized spacial score (nSPS) is 12.2. The molecule has 0 radical (unpaired) electrons. The van der Waals surface area contributed by atoms with Crippen LogP contribution in [0.15, 0.2) is 0 Å². The van der Waals surface area contributed by atoms with Crippen LogP contribution in [0.25, 0.3) is 0 Å². The second-order valence-corrected chi connectivity index (χ2v) is 2.91. The van der Waals surface area contributed by atoms with Crippen LogP contribution in [-0.4, -0.2) is 41.3 Å². The summed E-state index contributed by atoms with van der Waals surface area (Å²) in [6.45, 7) is 1.06. The number of hydrogen-bond donors (Lipinski definition) is 2. The van der Waals surface area contributed by atoms with Crippen molar-refractivity contribution in [3.05, 3.63) is 0 Å². The molecule has 0 aliphatic rings. The number of ether oxygens (including phenoxy) is 1. The molecule has 0 aromatic heterocycles. The molecule has 1 atom stereocenters. The highest BCUT2D eigenvalue weighted by Crippen LogP contribution is 1.97. The van der Waals surface area contributed by atoms with Gasteiger partial charge in [0.25, 0.3) is 0 Å². The fourth-order valence-electron chi connectivity index (χ4n) is 0.732. The zero-order valence-electron chi connectivity index (χ0n) is 8.23. The van der Waals surface area contributed by atoms with Crippen LogP contribution in [0.2, 0.25) is 0 Å². The van der Waals surface area contributed by atoms with E-state index in [1.165, 1.54) is 0 Å². The molecule has 82 valence electrons. The highest BCUT2D eigenvalue weighted by Gasteiger charge is 2.09. The van der Waals surface area contributed by atoms with Crippen molar-refractivity contribution in [1.82, 2.24) is 0 Å². The molecule has 0 aliphatic heterocycles. The maximum atomic E-state index is 10.9. The summed E-state index contributed by atoms with van der Waals surface area (Å²) >= 11 is 0. The van der Waals surface area contributed by atoms with Crippen LogP contribution >= 0.6 is 0 Å². The summed E-state index contributed by atoms with van der Waals surface area (Å²) in [6.07, 6.45) is -0.428. The molecule has 2 N–H and O–H groups in total. The Morgan fingerprint density at radius 3 is 2.50 bits per heavy atom. The summed E-state index contributed by atoms with van der Waals surface area (Å²) in [5.74, 6) is -0.524. The van der Waals surface area contributed by atoms with Crippen LogP contribution in [0.4, 0.5) is 0 Å². The van der Waals surface area contributed by atoms with Gasteiger partial charge in [0, 0.05) is 12.8 Å². The summed E-state index contributed by atoms with van der Waals surface area (Å²) in [6, 6.07) is 0. The van der Waals surface area contributed by atoms with Crippen molar-refractivity contribution >= 4 is 11.8 Å². The minimum atomic E-state index is -1.04. The lowest BCUT2D eigenvalue weighted by Gasteiger charge is -2.07. The van der Waals surface area contributed by atoms with Gasteiger partial charge < -0.3 is 14.9 Å². The van der Waals surface area contributed by atoms with Crippen molar-refractivity contribution in [2.45, 2.75) is 32.3 Å². The van der Waals surface area contributed by atoms with Crippen LogP contribution in [0.3, 0.4) is 0 Å². The first-order valence-electron chi connectivity index (χ1n) is 4.56. The van der Waals surface area contributed by atoms with Gasteiger partial charge in [0.15, 0.2) is 0 Å². The van der Waals surface area contributed by atoms with Gasteiger partial charge in [-0.2, -0.15) is 0 Å². The Morgan fingerprint density at radius 1 is 1.36 bits per heavy atom. The Hall–Kier alpha value is -0.940. The van der Waals surface area contributed by atoms with Crippen molar-refractivity contribution in [2.75, 3.05) is 13.2 Å². The Morgan fingerprint density at radius 2 is 2.00 bits per heavy atom. The van der Waals surface area contributed by atoms with Crippen LogP contribution in [-0.2, 0) is 14.3 Å². The molecule has 1 unspecified atom stereocenters. The fraction of sp³-hybridized carbons (Fsp3) is 0.778. The zero-order chi connectivity index (χ0) is 11.0. The Balaban J connectivity index is 3.51. The van der Waals surface area contributed by atoms with Gasteiger partial charge in [-0.1, -0.05) is 6.92 Å². The zero-order valence-corrected chi connectivity index (χ0v) is 8.23. The average molecular weight is 204 g/mol. The van der Waals surface area contributed by atoms with Crippen LogP contribution in [0, 0.1) is 0 Å². The summed E-state index contributed by atoms with van der Waals surface area (Å²) in [7, 11) is 0. The number of ketones is 1. The number of aliphatic hydroxyl groups excluding tert-OH is 2. The first-order chi connectivity index (χ1) is 6.60. The second-order valence-electron chi connectivity index (χ2n) is 2.91. The van der Waals surface area contributed by atoms with Crippen LogP contribution < -0.4 is 0 Å². The summed E-state index contributed by atoms with van der Waals surface area (Å²) in [5, 5.41) is 17.2. The SMILES string of the molecule is CCC(=O)CCC(=O)OCC(O)CO. The maximum absolute atomic E-state index is 10.9. The minimum Gasteiger partial charge on any atom is -0.463 e. The third-order valence-corrected chi connectivity index (χ3v) is 1.65. The number of carbonyl (C=O) groups excluding carboxylic acids is 2. The van der Waals surface area contributed by atoms with Gasteiger partial charge in [-0.05, 0) is 0 Å². The molecule has 5 heteroatoms. The smallest absolute Gasteiger partial charge is 0.306 e. The van der Waals surface area contributed by atoms with Crippen molar-refractivity contribution < 1.29 is 24.5 Å². The van der Waals surface area contributed by atoms with E-state index in [-0.39, 0.29) is 25.2 Å². The molecule has 0 aromatic carbocycles. The molecule has 0 amide bonds. The largest absolute Gasteiger partial charge is 0.463 e. The molecular formula is C9H16O5. The Labute approximate surface area is 82.7 Å². The van der Waals surface area contributed by atoms with E-state index in [0.29, 0.717) is 6.42 Å². The van der Waals surface area contributed by atoms with Crippen molar-refractivity contribution in [2.24, 2.45) is 0 Å². The number of carbonyl (C=O) groups is 2. The van der Waals surface area contributed by atoms with E-state index in [1.807, 2.05) is 0 Å². The summed E-state index contributed by atoms with van der Waals surface area (Å²) in [4.78, 5) is 21.7. The predicted octanol–water partition coefficient (Wildman–Crippen LogP) is -0.358. The molecule has 0 fully saturated rings. The molecule has 0 aromatic rings. The molecule has 0 heterocycles. The number of hydrogen-bond acceptors (Lipinski definition) is 5. The molecule has 5 nitrogen and oxygen atoms in total. The third kappa shape index (κ3) is 6.56. The van der Waals surface area contributed by atoms with Crippen LogP contribution in [0.1, 0.15) is 26.2 Å². The first kappa shape index (κ1) is 13.1. The van der Waals surface area contributed by atoms with Crippen molar-refractivity contribution in [3.8, 4) is 0 Å². The molecule has 0 saturated carbocycles. The highest BCUT2D eigenvalue weighted by atomic mass is 16.5. The lowest BCUT2D eigenvalue weighted by Crippen LogP contribution is -2.22. The van der Waals surface area contributed by atoms with E-state index in [1.54, 1.807) is 6.92 Å². The molecule has 0 bridgehead atoms. The number of Topliss-reactive ketones (excluding diaryl/α,β-unsaturated/α-hetero) is 1. The van der Waals surface area contributed by atoms with Gasteiger partial charge in [0.2, 0.25) is 0 Å². The monoisotopic (exact) mass is 204 g/mol. The Kier molecular flexibility index (Phi) is 6.96. The van der Waals surface area contributed by atoms with E-state index in [0.717, 1.165) is 0 Å². The lowest BCUT2D eigenvalue weighted by molar-refractivity contribution is -0.148. The maximum Gasteiger partial charge on any atom is 0.306 e. The average Bonchev–Trinajstić information content (AvgIpc) is 2.22. The van der Waals surface area contributed by atoms with Gasteiger partial charge in [0.05, 0.1) is 13.0 Å². The van der Waals surface area contributed by atoms with E-state index >= 15 is 0 Å². The quantitative estimate of drug-likeness (QED) is 0.553. The van der Waals surface area contributed by atoms with Gasteiger partial charge in [0.1, 0.15) is 18.5 Å². The standard InChI is InChI=1S/C9H16O5/c1-2-7(11)3-4-9(13)14-6-8(12)5-10/h8,10,12H,2-6H2,1H3. The number of aliphatic hydroxyl groups is 2. The van der Waals surface area contributed by atoms with Crippen molar-refractivity contribution in [3.63, 3.8) is 0 Å². The van der Waals surface area contributed by atoms with Gasteiger partial charge >= 0.3 is 5.97 Å². The van der Waals surface area contributed by atoms with Crippen molar-refractivity contribution in [1.29, 1.82) is 0 Å². The number of rotatable bonds is 7. The summed E-state index contributed by atoms with van der Waals surface area (Å²) in [5.41, 5.74) is 0. The lowest BCUT2D eigenvalue weighted by atomic mass is 10.2.